The zero-order valence-corrected chi connectivity index (χ0v) is 16.9. The molecular formula is C24H23N3O2. The number of methoxy groups -OCH3 is 1. The summed E-state index contributed by atoms with van der Waals surface area (Å²) in [5.74, 6) is 7.06. The molecule has 0 saturated carbocycles. The summed E-state index contributed by atoms with van der Waals surface area (Å²) in [5.41, 5.74) is 3.76. The van der Waals surface area contributed by atoms with Gasteiger partial charge in [-0.15, -0.1) is 0 Å². The lowest BCUT2D eigenvalue weighted by Gasteiger charge is -2.05. The summed E-state index contributed by atoms with van der Waals surface area (Å²) in [4.78, 5) is 11.7. The van der Waals surface area contributed by atoms with Crippen LogP contribution in [0, 0.1) is 23.2 Å². The van der Waals surface area contributed by atoms with Crippen LogP contribution in [0.1, 0.15) is 43.5 Å². The van der Waals surface area contributed by atoms with E-state index in [1.54, 1.807) is 7.11 Å². The number of benzene rings is 2. The van der Waals surface area contributed by atoms with Crippen molar-refractivity contribution in [2.75, 3.05) is 12.4 Å². The molecule has 0 aliphatic carbocycles. The minimum absolute atomic E-state index is 0.00730. The number of nitrogens with one attached hydrogen (secondary N) is 1. The molecule has 0 aliphatic rings. The van der Waals surface area contributed by atoms with E-state index < -0.39 is 0 Å². The number of hydrogen-bond acceptors (Lipinski definition) is 3. The fourth-order valence-corrected chi connectivity index (χ4v) is 3.25. The minimum atomic E-state index is 0.00730. The first-order chi connectivity index (χ1) is 14.1. The molecule has 0 radical (unpaired) electrons. The van der Waals surface area contributed by atoms with Crippen molar-refractivity contribution in [1.82, 2.24) is 4.57 Å². The van der Waals surface area contributed by atoms with Gasteiger partial charge < -0.3 is 14.6 Å². The van der Waals surface area contributed by atoms with Crippen molar-refractivity contribution in [3.8, 4) is 23.7 Å². The first-order valence-electron chi connectivity index (χ1n) is 9.63. The molecule has 146 valence electrons. The van der Waals surface area contributed by atoms with Crippen LogP contribution in [0.2, 0.25) is 0 Å². The molecule has 3 rings (SSSR count). The first-order valence-corrected chi connectivity index (χ1v) is 9.63. The molecule has 29 heavy (non-hydrogen) atoms. The van der Waals surface area contributed by atoms with Crippen molar-refractivity contribution in [2.24, 2.45) is 0 Å². The van der Waals surface area contributed by atoms with Crippen LogP contribution in [0.5, 0.6) is 5.75 Å². The van der Waals surface area contributed by atoms with E-state index >= 15 is 0 Å². The number of carbonyl (C=O) groups excluding carboxylic acids is 1. The highest BCUT2D eigenvalue weighted by Crippen LogP contribution is 2.28. The van der Waals surface area contributed by atoms with Crippen LogP contribution >= 0.6 is 0 Å². The molecule has 3 aromatic rings. The molecule has 0 aliphatic heterocycles. The van der Waals surface area contributed by atoms with Crippen molar-refractivity contribution in [2.45, 2.75) is 33.2 Å². The van der Waals surface area contributed by atoms with Crippen LogP contribution in [0.3, 0.4) is 0 Å². The Morgan fingerprint density at radius 2 is 1.90 bits per heavy atom. The second-order valence-electron chi connectivity index (χ2n) is 6.59. The van der Waals surface area contributed by atoms with Gasteiger partial charge in [0.05, 0.1) is 18.2 Å². The van der Waals surface area contributed by atoms with E-state index in [2.05, 4.69) is 23.2 Å². The Bertz CT molecular complexity index is 1140. The molecule has 5 heteroatoms. The van der Waals surface area contributed by atoms with Gasteiger partial charge in [0.25, 0.3) is 0 Å². The van der Waals surface area contributed by atoms with Crippen LogP contribution in [-0.4, -0.2) is 17.6 Å². The number of amides is 1. The van der Waals surface area contributed by atoms with Crippen molar-refractivity contribution in [3.63, 3.8) is 0 Å². The fraction of sp³-hybridized carbons (Fsp3) is 0.250. The standard InChI is InChI=1S/C24H23N3O2/c1-4-6-24(28)26-18-10-7-17(8-11-18)9-14-22-21(16-25)20-13-12-19(29-3)15-23(20)27(22)5-2/h7-8,10-13,15H,4-6H2,1-3H3,(H,26,28). The lowest BCUT2D eigenvalue weighted by Crippen LogP contribution is -2.10. The van der Waals surface area contributed by atoms with Gasteiger partial charge in [-0.25, -0.2) is 0 Å². The van der Waals surface area contributed by atoms with Gasteiger partial charge in [0.15, 0.2) is 0 Å². The van der Waals surface area contributed by atoms with Crippen molar-refractivity contribution in [1.29, 1.82) is 5.26 Å². The SMILES string of the molecule is CCCC(=O)Nc1ccc(C#Cc2c(C#N)c3ccc(OC)cc3n2CC)cc1. The number of rotatable bonds is 5. The lowest BCUT2D eigenvalue weighted by atomic mass is 10.1. The predicted octanol–water partition coefficient (Wildman–Crippen LogP) is 4.68. The monoisotopic (exact) mass is 385 g/mol. The molecule has 1 amide bonds. The van der Waals surface area contributed by atoms with Gasteiger partial charge in [0.2, 0.25) is 5.91 Å². The fourth-order valence-electron chi connectivity index (χ4n) is 3.25. The number of nitriles is 1. The van der Waals surface area contributed by atoms with Gasteiger partial charge >= 0.3 is 0 Å². The molecular weight excluding hydrogens is 362 g/mol. The number of hydrogen-bond donors (Lipinski definition) is 1. The largest absolute Gasteiger partial charge is 0.497 e. The molecule has 0 bridgehead atoms. The molecule has 1 aromatic heterocycles. The van der Waals surface area contributed by atoms with Crippen LogP contribution < -0.4 is 10.1 Å². The molecule has 0 unspecified atom stereocenters. The minimum Gasteiger partial charge on any atom is -0.497 e. The van der Waals surface area contributed by atoms with Gasteiger partial charge in [-0.3, -0.25) is 4.79 Å². The molecule has 2 aromatic carbocycles. The molecule has 0 atom stereocenters. The van der Waals surface area contributed by atoms with Crippen molar-refractivity contribution < 1.29 is 9.53 Å². The summed E-state index contributed by atoms with van der Waals surface area (Å²) in [7, 11) is 1.63. The topological polar surface area (TPSA) is 67.1 Å². The molecule has 0 saturated heterocycles. The maximum Gasteiger partial charge on any atom is 0.224 e. The third-order valence-electron chi connectivity index (χ3n) is 4.67. The van der Waals surface area contributed by atoms with Crippen LogP contribution in [0.15, 0.2) is 42.5 Å². The summed E-state index contributed by atoms with van der Waals surface area (Å²) in [6.45, 7) is 4.69. The first kappa shape index (κ1) is 20.0. The van der Waals surface area contributed by atoms with Gasteiger partial charge in [-0.2, -0.15) is 5.26 Å². The van der Waals surface area contributed by atoms with Crippen molar-refractivity contribution in [3.05, 3.63) is 59.3 Å². The van der Waals surface area contributed by atoms with Gasteiger partial charge in [0, 0.05) is 35.7 Å². The van der Waals surface area contributed by atoms with Crippen LogP contribution in [0.25, 0.3) is 10.9 Å². The quantitative estimate of drug-likeness (QED) is 0.649. The molecule has 5 nitrogen and oxygen atoms in total. The Balaban J connectivity index is 1.96. The number of nitrogens with zero attached hydrogens (tertiary/aromatic N) is 2. The van der Waals surface area contributed by atoms with Crippen LogP contribution in [0.4, 0.5) is 5.69 Å². The van der Waals surface area contributed by atoms with Gasteiger partial charge in [-0.05, 0) is 55.7 Å². The number of fused-ring (bicyclic) bond motifs is 1. The number of aromatic nitrogens is 1. The Kier molecular flexibility index (Phi) is 6.22. The molecule has 0 spiro atoms. The summed E-state index contributed by atoms with van der Waals surface area (Å²) in [6, 6.07) is 15.4. The normalized spacial score (nSPS) is 10.1. The second kappa shape index (κ2) is 8.99. The second-order valence-corrected chi connectivity index (χ2v) is 6.59. The Morgan fingerprint density at radius 3 is 2.52 bits per heavy atom. The number of ether oxygens (including phenoxy) is 1. The van der Waals surface area contributed by atoms with E-state index in [-0.39, 0.29) is 5.91 Å². The predicted molar refractivity (Wildman–Crippen MR) is 115 cm³/mol. The zero-order chi connectivity index (χ0) is 20.8. The molecule has 1 heterocycles. The third-order valence-corrected chi connectivity index (χ3v) is 4.67. The van der Waals surface area contributed by atoms with Crippen molar-refractivity contribution >= 4 is 22.5 Å². The number of aryl methyl sites for hydroxylation is 1. The van der Waals surface area contributed by atoms with E-state index in [0.717, 1.165) is 34.3 Å². The highest BCUT2D eigenvalue weighted by molar-refractivity contribution is 5.91. The molecule has 1 N–H and O–H groups in total. The Labute approximate surface area is 170 Å². The van der Waals surface area contributed by atoms with Gasteiger partial charge in [-0.1, -0.05) is 12.8 Å². The summed E-state index contributed by atoms with van der Waals surface area (Å²) in [5, 5.41) is 13.4. The Hall–Kier alpha value is -3.70. The Morgan fingerprint density at radius 1 is 1.14 bits per heavy atom. The average molecular weight is 385 g/mol. The third kappa shape index (κ3) is 4.25. The molecule has 0 fully saturated rings. The highest BCUT2D eigenvalue weighted by atomic mass is 16.5. The number of carbonyl (C=O) groups is 1. The van der Waals surface area contributed by atoms with E-state index in [9.17, 15) is 10.1 Å². The smallest absolute Gasteiger partial charge is 0.224 e. The number of anilines is 1. The maximum absolute atomic E-state index is 11.7. The maximum atomic E-state index is 11.7. The van der Waals surface area contributed by atoms with Crippen LogP contribution in [-0.2, 0) is 11.3 Å². The van der Waals surface area contributed by atoms with E-state index in [1.807, 2.05) is 60.9 Å². The van der Waals surface area contributed by atoms with Gasteiger partial charge in [0.1, 0.15) is 17.5 Å². The van der Waals surface area contributed by atoms with E-state index in [4.69, 9.17) is 4.74 Å². The zero-order valence-electron chi connectivity index (χ0n) is 16.9. The summed E-state index contributed by atoms with van der Waals surface area (Å²) in [6.07, 6.45) is 1.32. The summed E-state index contributed by atoms with van der Waals surface area (Å²) < 4.78 is 7.36. The lowest BCUT2D eigenvalue weighted by molar-refractivity contribution is -0.116. The van der Waals surface area contributed by atoms with E-state index in [0.29, 0.717) is 24.2 Å². The van der Waals surface area contributed by atoms with E-state index in [1.165, 1.54) is 0 Å². The summed E-state index contributed by atoms with van der Waals surface area (Å²) >= 11 is 0. The highest BCUT2D eigenvalue weighted by Gasteiger charge is 2.15. The average Bonchev–Trinajstić information content (AvgIpc) is 3.04.